The van der Waals surface area contributed by atoms with E-state index in [4.69, 9.17) is 5.73 Å². The van der Waals surface area contributed by atoms with Gasteiger partial charge in [0.2, 0.25) is 0 Å². The van der Waals surface area contributed by atoms with Crippen LogP contribution in [-0.2, 0) is 6.54 Å². The molecular formula is C14H23N3O2. The number of anilines is 1. The second kappa shape index (κ2) is 5.65. The molecule has 5 heteroatoms. The summed E-state index contributed by atoms with van der Waals surface area (Å²) in [5, 5.41) is 13.0. The highest BCUT2D eigenvalue weighted by Crippen LogP contribution is 2.28. The van der Waals surface area contributed by atoms with Gasteiger partial charge in [0.25, 0.3) is 5.91 Å². The number of carbonyl (C=O) groups is 1. The molecule has 4 N–H and O–H groups in total. The fourth-order valence-corrected chi connectivity index (χ4v) is 2.69. The van der Waals surface area contributed by atoms with Crippen molar-refractivity contribution in [1.29, 1.82) is 0 Å². The van der Waals surface area contributed by atoms with Crippen LogP contribution in [0.3, 0.4) is 0 Å². The van der Waals surface area contributed by atoms with Crippen LogP contribution in [0.25, 0.3) is 0 Å². The second-order valence-electron chi connectivity index (χ2n) is 5.47. The number of aromatic nitrogens is 1. The molecule has 1 aromatic heterocycles. The second-order valence-corrected chi connectivity index (χ2v) is 5.47. The first kappa shape index (κ1) is 13.9. The van der Waals surface area contributed by atoms with Crippen molar-refractivity contribution in [3.63, 3.8) is 0 Å². The molecule has 19 heavy (non-hydrogen) atoms. The first-order chi connectivity index (χ1) is 9.04. The predicted octanol–water partition coefficient (Wildman–Crippen LogP) is 1.52. The standard InChI is InChI=1S/C14H23N3O2/c1-2-7-17-9-11(15)8-12(17)13(18)16-10-14(19)5-3-4-6-14/h8-9,19H,2-7,10,15H2,1H3,(H,16,18). The molecule has 0 unspecified atom stereocenters. The molecule has 106 valence electrons. The van der Waals surface area contributed by atoms with E-state index in [1.165, 1.54) is 0 Å². The van der Waals surface area contributed by atoms with Crippen LogP contribution in [0.2, 0.25) is 0 Å². The van der Waals surface area contributed by atoms with Crippen LogP contribution in [0, 0.1) is 0 Å². The van der Waals surface area contributed by atoms with Crippen molar-refractivity contribution in [2.45, 2.75) is 51.2 Å². The Morgan fingerprint density at radius 1 is 1.53 bits per heavy atom. The number of carbonyl (C=O) groups excluding carboxylic acids is 1. The molecule has 0 bridgehead atoms. The molecule has 0 spiro atoms. The van der Waals surface area contributed by atoms with E-state index in [0.717, 1.165) is 38.6 Å². The summed E-state index contributed by atoms with van der Waals surface area (Å²) in [6, 6.07) is 1.68. The third-order valence-electron chi connectivity index (χ3n) is 3.73. The SMILES string of the molecule is CCCn1cc(N)cc1C(=O)NCC1(O)CCCC1. The number of rotatable bonds is 5. The fraction of sp³-hybridized carbons (Fsp3) is 0.643. The minimum atomic E-state index is -0.719. The number of hydrogen-bond donors (Lipinski definition) is 3. The summed E-state index contributed by atoms with van der Waals surface area (Å²) in [5.41, 5.74) is 6.19. The highest BCUT2D eigenvalue weighted by Gasteiger charge is 2.31. The summed E-state index contributed by atoms with van der Waals surface area (Å²) in [7, 11) is 0. The van der Waals surface area contributed by atoms with Gasteiger partial charge in [-0.1, -0.05) is 19.8 Å². The lowest BCUT2D eigenvalue weighted by molar-refractivity contribution is 0.0447. The van der Waals surface area contributed by atoms with Crippen LogP contribution in [0.4, 0.5) is 5.69 Å². The van der Waals surface area contributed by atoms with E-state index in [0.29, 0.717) is 17.9 Å². The Kier molecular flexibility index (Phi) is 4.14. The highest BCUT2D eigenvalue weighted by atomic mass is 16.3. The zero-order valence-electron chi connectivity index (χ0n) is 11.5. The van der Waals surface area contributed by atoms with Gasteiger partial charge in [0.1, 0.15) is 5.69 Å². The van der Waals surface area contributed by atoms with E-state index in [9.17, 15) is 9.90 Å². The molecule has 1 aromatic rings. The van der Waals surface area contributed by atoms with Crippen LogP contribution < -0.4 is 11.1 Å². The maximum Gasteiger partial charge on any atom is 0.268 e. The molecule has 1 heterocycles. The van der Waals surface area contributed by atoms with E-state index < -0.39 is 5.60 Å². The number of hydrogen-bond acceptors (Lipinski definition) is 3. The molecular weight excluding hydrogens is 242 g/mol. The van der Waals surface area contributed by atoms with Crippen molar-refractivity contribution in [3.8, 4) is 0 Å². The summed E-state index contributed by atoms with van der Waals surface area (Å²) in [5.74, 6) is -0.162. The van der Waals surface area contributed by atoms with E-state index in [1.54, 1.807) is 12.3 Å². The van der Waals surface area contributed by atoms with Crippen LogP contribution in [0.5, 0.6) is 0 Å². The summed E-state index contributed by atoms with van der Waals surface area (Å²) in [4.78, 5) is 12.2. The van der Waals surface area contributed by atoms with Crippen LogP contribution >= 0.6 is 0 Å². The van der Waals surface area contributed by atoms with Gasteiger partial charge in [-0.05, 0) is 25.3 Å². The van der Waals surface area contributed by atoms with Gasteiger partial charge in [-0.3, -0.25) is 4.79 Å². The van der Waals surface area contributed by atoms with Crippen molar-refractivity contribution < 1.29 is 9.90 Å². The molecule has 0 radical (unpaired) electrons. The number of nitrogens with two attached hydrogens (primary N) is 1. The summed E-state index contributed by atoms with van der Waals surface area (Å²) >= 11 is 0. The van der Waals surface area contributed by atoms with Gasteiger partial charge in [-0.2, -0.15) is 0 Å². The Hall–Kier alpha value is -1.49. The third-order valence-corrected chi connectivity index (χ3v) is 3.73. The maximum absolute atomic E-state index is 12.2. The lowest BCUT2D eigenvalue weighted by Gasteiger charge is -2.22. The molecule has 1 aliphatic carbocycles. The number of amides is 1. The minimum absolute atomic E-state index is 0.162. The molecule has 1 aliphatic rings. The molecule has 0 saturated heterocycles. The van der Waals surface area contributed by atoms with Crippen molar-refractivity contribution in [2.24, 2.45) is 0 Å². The molecule has 0 atom stereocenters. The number of nitrogen functional groups attached to an aromatic ring is 1. The van der Waals surface area contributed by atoms with Gasteiger partial charge in [0.05, 0.1) is 11.3 Å². The third kappa shape index (κ3) is 3.29. The lowest BCUT2D eigenvalue weighted by Crippen LogP contribution is -2.41. The Balaban J connectivity index is 1.99. The van der Waals surface area contributed by atoms with Crippen LogP contribution in [0.1, 0.15) is 49.5 Å². The van der Waals surface area contributed by atoms with Gasteiger partial charge in [0, 0.05) is 19.3 Å². The van der Waals surface area contributed by atoms with Gasteiger partial charge < -0.3 is 20.7 Å². The largest absolute Gasteiger partial charge is 0.397 e. The summed E-state index contributed by atoms with van der Waals surface area (Å²) in [6.07, 6.45) is 6.33. The van der Waals surface area contributed by atoms with E-state index in [-0.39, 0.29) is 5.91 Å². The van der Waals surface area contributed by atoms with Gasteiger partial charge in [0.15, 0.2) is 0 Å². The van der Waals surface area contributed by atoms with E-state index in [1.807, 2.05) is 4.57 Å². The Bertz CT molecular complexity index is 448. The van der Waals surface area contributed by atoms with Crippen molar-refractivity contribution >= 4 is 11.6 Å². The van der Waals surface area contributed by atoms with E-state index in [2.05, 4.69) is 12.2 Å². The summed E-state index contributed by atoms with van der Waals surface area (Å²) in [6.45, 7) is 3.15. The average Bonchev–Trinajstić information content (AvgIpc) is 2.94. The Morgan fingerprint density at radius 3 is 2.84 bits per heavy atom. The number of nitrogens with one attached hydrogen (secondary N) is 1. The van der Waals surface area contributed by atoms with Crippen molar-refractivity contribution in [1.82, 2.24) is 9.88 Å². The molecule has 5 nitrogen and oxygen atoms in total. The first-order valence-electron chi connectivity index (χ1n) is 7.00. The zero-order chi connectivity index (χ0) is 13.9. The minimum Gasteiger partial charge on any atom is -0.397 e. The van der Waals surface area contributed by atoms with E-state index >= 15 is 0 Å². The topological polar surface area (TPSA) is 80.3 Å². The zero-order valence-corrected chi connectivity index (χ0v) is 11.5. The molecule has 2 rings (SSSR count). The quantitative estimate of drug-likeness (QED) is 0.755. The van der Waals surface area contributed by atoms with Gasteiger partial charge in [-0.25, -0.2) is 0 Å². The lowest BCUT2D eigenvalue weighted by atomic mass is 10.0. The molecule has 1 amide bonds. The normalized spacial score (nSPS) is 17.6. The average molecular weight is 265 g/mol. The van der Waals surface area contributed by atoms with Crippen LogP contribution in [0.15, 0.2) is 12.3 Å². The predicted molar refractivity (Wildman–Crippen MR) is 74.9 cm³/mol. The van der Waals surface area contributed by atoms with Gasteiger partial charge in [-0.15, -0.1) is 0 Å². The van der Waals surface area contributed by atoms with Crippen LogP contribution in [-0.4, -0.2) is 27.7 Å². The molecule has 0 aromatic carbocycles. The Morgan fingerprint density at radius 2 is 2.21 bits per heavy atom. The van der Waals surface area contributed by atoms with Crippen molar-refractivity contribution in [2.75, 3.05) is 12.3 Å². The number of nitrogens with zero attached hydrogens (tertiary/aromatic N) is 1. The highest BCUT2D eigenvalue weighted by molar-refractivity contribution is 5.93. The monoisotopic (exact) mass is 265 g/mol. The smallest absolute Gasteiger partial charge is 0.268 e. The van der Waals surface area contributed by atoms with Crippen molar-refractivity contribution in [3.05, 3.63) is 18.0 Å². The fourth-order valence-electron chi connectivity index (χ4n) is 2.69. The molecule has 1 fully saturated rings. The van der Waals surface area contributed by atoms with Gasteiger partial charge >= 0.3 is 0 Å². The number of aryl methyl sites for hydroxylation is 1. The molecule has 0 aliphatic heterocycles. The first-order valence-corrected chi connectivity index (χ1v) is 7.00. The Labute approximate surface area is 113 Å². The summed E-state index contributed by atoms with van der Waals surface area (Å²) < 4.78 is 1.86. The number of aliphatic hydroxyl groups is 1. The maximum atomic E-state index is 12.2. The molecule has 1 saturated carbocycles.